The van der Waals surface area contributed by atoms with Gasteiger partial charge < -0.3 is 41.0 Å². The normalized spacial score (nSPS) is 29.1. The fourth-order valence-electron chi connectivity index (χ4n) is 5.73. The molecule has 40 heavy (non-hydrogen) atoms. The molecule has 4 unspecified atom stereocenters. The number of carbonyl (C=O) groups is 3. The van der Waals surface area contributed by atoms with E-state index in [2.05, 4.69) is 5.32 Å². The van der Waals surface area contributed by atoms with Crippen LogP contribution in [0.15, 0.2) is 24.3 Å². The average molecular weight is 577 g/mol. The number of rotatable bonds is 5. The van der Waals surface area contributed by atoms with Gasteiger partial charge in [-0.2, -0.15) is 0 Å². The molecule has 1 heterocycles. The first-order chi connectivity index (χ1) is 18.5. The number of benzene rings is 2. The summed E-state index contributed by atoms with van der Waals surface area (Å²) in [5, 5.41) is 47.2. The van der Waals surface area contributed by atoms with Crippen molar-refractivity contribution in [2.45, 2.75) is 75.8 Å². The molecule has 5 rings (SSSR count). The van der Waals surface area contributed by atoms with Gasteiger partial charge in [0.25, 0.3) is 5.91 Å². The first kappa shape index (κ1) is 29.9. The van der Waals surface area contributed by atoms with Gasteiger partial charge in [0.1, 0.15) is 17.1 Å². The predicted octanol–water partition coefficient (Wildman–Crippen LogP) is 1.38. The second kappa shape index (κ2) is 11.1. The number of nitrogens with two attached hydrogens (primary N) is 1. The summed E-state index contributed by atoms with van der Waals surface area (Å²) in [6.45, 7) is 3.76. The molecule has 0 spiro atoms. The number of aromatic hydroxyl groups is 2. The van der Waals surface area contributed by atoms with Gasteiger partial charge in [-0.3, -0.25) is 14.4 Å². The Bertz CT molecular complexity index is 1350. The van der Waals surface area contributed by atoms with E-state index in [-0.39, 0.29) is 58.6 Å². The molecule has 2 aliphatic carbocycles. The minimum atomic E-state index is -2.08. The van der Waals surface area contributed by atoms with E-state index in [9.17, 15) is 34.8 Å². The molecule has 3 aliphatic rings. The van der Waals surface area contributed by atoms with Gasteiger partial charge in [0.2, 0.25) is 0 Å². The molecule has 7 N–H and O–H groups in total. The van der Waals surface area contributed by atoms with Crippen LogP contribution in [-0.2, 0) is 20.7 Å². The number of halogens is 1. The van der Waals surface area contributed by atoms with Crippen molar-refractivity contribution in [2.75, 3.05) is 6.54 Å². The van der Waals surface area contributed by atoms with Gasteiger partial charge in [0.15, 0.2) is 17.9 Å². The van der Waals surface area contributed by atoms with E-state index in [1.54, 1.807) is 19.1 Å². The Morgan fingerprint density at radius 3 is 2.33 bits per heavy atom. The maximum atomic E-state index is 13.4. The molecule has 0 saturated carbocycles. The SMILES string of the molecule is CCCNC(=O)[C@]1(O)Cc2c(O)c3c(c(O)c2[C@@H](OC2CC(N)C(O)C(C)O2)C1)C(=O)c1ccccc1C3=O.Cl. The van der Waals surface area contributed by atoms with E-state index >= 15 is 0 Å². The first-order valence-corrected chi connectivity index (χ1v) is 13.0. The number of ketones is 2. The summed E-state index contributed by atoms with van der Waals surface area (Å²) < 4.78 is 11.9. The van der Waals surface area contributed by atoms with E-state index < -0.39 is 71.6 Å². The maximum Gasteiger partial charge on any atom is 0.252 e. The van der Waals surface area contributed by atoms with Crippen molar-refractivity contribution < 1.29 is 44.3 Å². The minimum Gasteiger partial charge on any atom is -0.507 e. The number of aliphatic hydroxyl groups excluding tert-OH is 1. The van der Waals surface area contributed by atoms with Crippen molar-refractivity contribution in [1.82, 2.24) is 5.32 Å². The Labute approximate surface area is 236 Å². The van der Waals surface area contributed by atoms with Crippen molar-refractivity contribution >= 4 is 29.9 Å². The van der Waals surface area contributed by atoms with Crippen LogP contribution in [0, 0.1) is 0 Å². The van der Waals surface area contributed by atoms with E-state index in [0.717, 1.165) is 0 Å². The van der Waals surface area contributed by atoms with Crippen LogP contribution in [0.4, 0.5) is 0 Å². The van der Waals surface area contributed by atoms with Crippen LogP contribution >= 0.6 is 12.4 Å². The molecule has 6 atom stereocenters. The van der Waals surface area contributed by atoms with Crippen molar-refractivity contribution in [3.05, 3.63) is 57.6 Å². The topological polar surface area (TPSA) is 189 Å². The minimum absolute atomic E-state index is 0. The summed E-state index contributed by atoms with van der Waals surface area (Å²) >= 11 is 0. The zero-order valence-electron chi connectivity index (χ0n) is 22.0. The standard InChI is InChI=1S/C28H32N2O9.ClH/c1-3-8-30-27(36)28(37)10-15-19(17(11-28)39-18-9-16(29)22(31)12(2)38-18)26(35)21-20(25(15)34)23(32)13-6-4-5-7-14(13)24(21)33;/h4-7,12,16-18,22,31,34-35,37H,3,8-11,29H2,1-2H3,(H,30,36);1H/t12?,16?,17-,18?,22?,28-;/m0./s1. The van der Waals surface area contributed by atoms with Gasteiger partial charge in [0.05, 0.1) is 29.4 Å². The van der Waals surface area contributed by atoms with Crippen LogP contribution in [-0.4, -0.2) is 74.6 Å². The van der Waals surface area contributed by atoms with E-state index in [0.29, 0.717) is 13.0 Å². The Morgan fingerprint density at radius 1 is 1.15 bits per heavy atom. The lowest BCUT2D eigenvalue weighted by molar-refractivity contribution is -0.247. The number of phenols is 2. The number of aliphatic hydroxyl groups is 2. The summed E-state index contributed by atoms with van der Waals surface area (Å²) in [5.41, 5.74) is 3.27. The smallest absolute Gasteiger partial charge is 0.252 e. The number of nitrogens with one attached hydrogen (secondary N) is 1. The lowest BCUT2D eigenvalue weighted by atomic mass is 9.72. The Hall–Kier alpha value is -3.06. The Morgan fingerprint density at radius 2 is 1.75 bits per heavy atom. The van der Waals surface area contributed by atoms with Gasteiger partial charge in [-0.1, -0.05) is 31.2 Å². The molecule has 2 aromatic carbocycles. The number of hydrogen-bond acceptors (Lipinski definition) is 10. The third kappa shape index (κ3) is 4.76. The second-order valence-corrected chi connectivity index (χ2v) is 10.5. The number of hydrogen-bond donors (Lipinski definition) is 6. The molecule has 1 fully saturated rings. The van der Waals surface area contributed by atoms with Crippen LogP contribution in [0.2, 0.25) is 0 Å². The summed E-state index contributed by atoms with van der Waals surface area (Å²) in [5.74, 6) is -3.20. The van der Waals surface area contributed by atoms with Gasteiger partial charge in [0, 0.05) is 54.1 Å². The number of fused-ring (bicyclic) bond motifs is 3. The molecule has 1 aliphatic heterocycles. The highest BCUT2D eigenvalue weighted by molar-refractivity contribution is 6.30. The molecule has 1 amide bonds. The Balaban J connectivity index is 0.00000370. The second-order valence-electron chi connectivity index (χ2n) is 10.5. The molecular formula is C28H33ClN2O9. The zero-order chi connectivity index (χ0) is 28.2. The van der Waals surface area contributed by atoms with E-state index in [1.165, 1.54) is 12.1 Å². The van der Waals surface area contributed by atoms with Crippen molar-refractivity contribution in [2.24, 2.45) is 5.73 Å². The number of amides is 1. The molecular weight excluding hydrogens is 544 g/mol. The van der Waals surface area contributed by atoms with Crippen molar-refractivity contribution in [3.63, 3.8) is 0 Å². The van der Waals surface area contributed by atoms with Crippen LogP contribution in [0.5, 0.6) is 11.5 Å². The van der Waals surface area contributed by atoms with Gasteiger partial charge in [-0.15, -0.1) is 12.4 Å². The molecule has 11 nitrogen and oxygen atoms in total. The summed E-state index contributed by atoms with van der Waals surface area (Å²) in [4.78, 5) is 39.9. The van der Waals surface area contributed by atoms with Crippen LogP contribution in [0.3, 0.4) is 0 Å². The largest absolute Gasteiger partial charge is 0.507 e. The summed E-state index contributed by atoms with van der Waals surface area (Å²) in [7, 11) is 0. The van der Waals surface area contributed by atoms with Gasteiger partial charge in [-0.25, -0.2) is 0 Å². The van der Waals surface area contributed by atoms with Gasteiger partial charge >= 0.3 is 0 Å². The predicted molar refractivity (Wildman–Crippen MR) is 144 cm³/mol. The van der Waals surface area contributed by atoms with Crippen LogP contribution < -0.4 is 11.1 Å². The highest BCUT2D eigenvalue weighted by Gasteiger charge is 2.50. The molecule has 0 radical (unpaired) electrons. The highest BCUT2D eigenvalue weighted by atomic mass is 35.5. The zero-order valence-corrected chi connectivity index (χ0v) is 22.9. The summed E-state index contributed by atoms with van der Waals surface area (Å²) in [6, 6.07) is 5.40. The molecule has 216 valence electrons. The molecule has 0 bridgehead atoms. The molecule has 1 saturated heterocycles. The quantitative estimate of drug-likeness (QED) is 0.242. The van der Waals surface area contributed by atoms with E-state index in [1.807, 2.05) is 6.92 Å². The third-order valence-corrected chi connectivity index (χ3v) is 7.80. The average Bonchev–Trinajstić information content (AvgIpc) is 2.90. The summed E-state index contributed by atoms with van der Waals surface area (Å²) in [6.07, 6.45) is -3.94. The van der Waals surface area contributed by atoms with E-state index in [4.69, 9.17) is 15.2 Å². The fraction of sp³-hybridized carbons (Fsp3) is 0.464. The monoisotopic (exact) mass is 576 g/mol. The lowest BCUT2D eigenvalue weighted by Crippen LogP contribution is -2.54. The fourth-order valence-corrected chi connectivity index (χ4v) is 5.73. The third-order valence-electron chi connectivity index (χ3n) is 7.80. The molecule has 0 aromatic heterocycles. The molecule has 2 aromatic rings. The van der Waals surface area contributed by atoms with Gasteiger partial charge in [-0.05, 0) is 13.3 Å². The lowest BCUT2D eigenvalue weighted by Gasteiger charge is -2.42. The number of carbonyl (C=O) groups excluding carboxylic acids is 3. The van der Waals surface area contributed by atoms with Crippen molar-refractivity contribution in [1.29, 1.82) is 0 Å². The number of ether oxygens (including phenoxy) is 2. The first-order valence-electron chi connectivity index (χ1n) is 13.0. The van der Waals surface area contributed by atoms with Crippen LogP contribution in [0.1, 0.15) is 82.2 Å². The van der Waals surface area contributed by atoms with Crippen LogP contribution in [0.25, 0.3) is 0 Å². The number of phenolic OH excluding ortho intramolecular Hbond substituents is 2. The maximum absolute atomic E-state index is 13.4. The van der Waals surface area contributed by atoms with Crippen molar-refractivity contribution in [3.8, 4) is 11.5 Å². The Kier molecular flexibility index (Phi) is 8.28. The highest BCUT2D eigenvalue weighted by Crippen LogP contribution is 2.51. The molecule has 12 heteroatoms.